The zero-order valence-electron chi connectivity index (χ0n) is 15.6. The quantitative estimate of drug-likeness (QED) is 0.574. The van der Waals surface area contributed by atoms with Crippen LogP contribution in [0.1, 0.15) is 36.0 Å². The number of nitrogens with zero attached hydrogens (tertiary/aromatic N) is 4. The van der Waals surface area contributed by atoms with Crippen molar-refractivity contribution < 1.29 is 4.79 Å². The van der Waals surface area contributed by atoms with Crippen molar-refractivity contribution in [3.05, 3.63) is 72.3 Å². The molecule has 0 atom stereocenters. The van der Waals surface area contributed by atoms with E-state index in [9.17, 15) is 4.79 Å². The molecule has 0 aliphatic heterocycles. The third kappa shape index (κ3) is 3.43. The normalized spacial score (nSPS) is 11.5. The Labute approximate surface area is 157 Å². The van der Waals surface area contributed by atoms with Crippen LogP contribution >= 0.6 is 0 Å². The van der Waals surface area contributed by atoms with Gasteiger partial charge in [0, 0.05) is 31.8 Å². The van der Waals surface area contributed by atoms with Crippen LogP contribution in [0.2, 0.25) is 0 Å². The van der Waals surface area contributed by atoms with E-state index in [1.807, 2.05) is 63.8 Å². The van der Waals surface area contributed by atoms with E-state index in [4.69, 9.17) is 0 Å². The fourth-order valence-corrected chi connectivity index (χ4v) is 3.33. The predicted molar refractivity (Wildman–Crippen MR) is 105 cm³/mol. The lowest BCUT2D eigenvalue weighted by Crippen LogP contribution is -2.26. The third-order valence-corrected chi connectivity index (χ3v) is 4.58. The van der Waals surface area contributed by atoms with E-state index in [1.165, 1.54) is 0 Å². The Morgan fingerprint density at radius 3 is 2.67 bits per heavy atom. The molecule has 0 spiro atoms. The van der Waals surface area contributed by atoms with Crippen LogP contribution < -0.4 is 5.32 Å². The second kappa shape index (κ2) is 7.23. The highest BCUT2D eigenvalue weighted by atomic mass is 16.1. The Balaban J connectivity index is 1.50. The SMILES string of the molecule is CC(C)Cc1nc(C(=O)NCCc2ncc3ccccn23)c2ccccn12. The molecule has 0 aliphatic rings. The van der Waals surface area contributed by atoms with Crippen LogP contribution in [0.4, 0.5) is 0 Å². The number of hydrogen-bond donors (Lipinski definition) is 1. The highest BCUT2D eigenvalue weighted by molar-refractivity contribution is 5.99. The first-order valence-corrected chi connectivity index (χ1v) is 9.28. The maximum absolute atomic E-state index is 12.7. The highest BCUT2D eigenvalue weighted by Crippen LogP contribution is 2.16. The minimum absolute atomic E-state index is 0.144. The van der Waals surface area contributed by atoms with Crippen LogP contribution in [-0.4, -0.2) is 31.2 Å². The van der Waals surface area contributed by atoms with E-state index in [0.717, 1.165) is 29.1 Å². The molecule has 6 nitrogen and oxygen atoms in total. The smallest absolute Gasteiger partial charge is 0.272 e. The van der Waals surface area contributed by atoms with E-state index >= 15 is 0 Å². The first-order valence-electron chi connectivity index (χ1n) is 9.28. The van der Waals surface area contributed by atoms with Gasteiger partial charge in [0.15, 0.2) is 5.69 Å². The molecule has 4 aromatic heterocycles. The van der Waals surface area contributed by atoms with E-state index in [1.54, 1.807) is 0 Å². The third-order valence-electron chi connectivity index (χ3n) is 4.58. The Kier molecular flexibility index (Phi) is 4.62. The molecule has 6 heteroatoms. The molecule has 0 aromatic carbocycles. The molecule has 0 saturated heterocycles. The van der Waals surface area contributed by atoms with E-state index in [0.29, 0.717) is 24.6 Å². The molecule has 4 aromatic rings. The van der Waals surface area contributed by atoms with Gasteiger partial charge in [0.25, 0.3) is 5.91 Å². The van der Waals surface area contributed by atoms with Gasteiger partial charge in [-0.25, -0.2) is 9.97 Å². The molecular formula is C21H23N5O. The summed E-state index contributed by atoms with van der Waals surface area (Å²) in [5.74, 6) is 2.18. The average Bonchev–Trinajstić information content (AvgIpc) is 3.24. The number of carbonyl (C=O) groups excluding carboxylic acids is 1. The summed E-state index contributed by atoms with van der Waals surface area (Å²) >= 11 is 0. The molecule has 0 radical (unpaired) electrons. The standard InChI is InChI=1S/C21H23N5O/c1-15(2)13-19-24-20(17-8-4-6-12-26(17)19)21(27)22-10-9-18-23-14-16-7-3-5-11-25(16)18/h3-8,11-12,14-15H,9-10,13H2,1-2H3,(H,22,27). The van der Waals surface area contributed by atoms with Gasteiger partial charge in [-0.3, -0.25) is 4.79 Å². The summed E-state index contributed by atoms with van der Waals surface area (Å²) in [7, 11) is 0. The van der Waals surface area contributed by atoms with Crippen molar-refractivity contribution in [3.8, 4) is 0 Å². The molecule has 4 heterocycles. The number of fused-ring (bicyclic) bond motifs is 2. The van der Waals surface area contributed by atoms with Crippen LogP contribution in [0.25, 0.3) is 11.0 Å². The Bertz CT molecular complexity index is 1090. The first-order chi connectivity index (χ1) is 13.1. The summed E-state index contributed by atoms with van der Waals surface area (Å²) in [5.41, 5.74) is 2.38. The minimum atomic E-state index is -0.144. The van der Waals surface area contributed by atoms with Crippen molar-refractivity contribution in [2.24, 2.45) is 5.92 Å². The predicted octanol–water partition coefficient (Wildman–Crippen LogP) is 3.15. The van der Waals surface area contributed by atoms with Gasteiger partial charge in [0.05, 0.1) is 17.2 Å². The topological polar surface area (TPSA) is 63.7 Å². The molecule has 0 saturated carbocycles. The highest BCUT2D eigenvalue weighted by Gasteiger charge is 2.17. The lowest BCUT2D eigenvalue weighted by Gasteiger charge is -2.04. The number of amides is 1. The summed E-state index contributed by atoms with van der Waals surface area (Å²) in [5, 5.41) is 2.99. The monoisotopic (exact) mass is 361 g/mol. The van der Waals surface area contributed by atoms with Crippen molar-refractivity contribution in [1.82, 2.24) is 24.1 Å². The Morgan fingerprint density at radius 2 is 1.85 bits per heavy atom. The number of rotatable bonds is 6. The zero-order valence-corrected chi connectivity index (χ0v) is 15.6. The summed E-state index contributed by atoms with van der Waals surface area (Å²) in [6.45, 7) is 4.81. The number of aromatic nitrogens is 4. The van der Waals surface area contributed by atoms with Gasteiger partial charge < -0.3 is 14.1 Å². The summed E-state index contributed by atoms with van der Waals surface area (Å²) < 4.78 is 4.05. The van der Waals surface area contributed by atoms with Crippen molar-refractivity contribution in [2.45, 2.75) is 26.7 Å². The number of nitrogens with one attached hydrogen (secondary N) is 1. The van der Waals surface area contributed by atoms with Crippen LogP contribution in [0.15, 0.2) is 55.0 Å². The lowest BCUT2D eigenvalue weighted by atomic mass is 10.1. The molecule has 0 fully saturated rings. The van der Waals surface area contributed by atoms with Crippen molar-refractivity contribution in [3.63, 3.8) is 0 Å². The van der Waals surface area contributed by atoms with E-state index < -0.39 is 0 Å². The number of carbonyl (C=O) groups is 1. The fourth-order valence-electron chi connectivity index (χ4n) is 3.33. The molecule has 1 amide bonds. The number of imidazole rings is 2. The van der Waals surface area contributed by atoms with Crippen LogP contribution in [0.3, 0.4) is 0 Å². The van der Waals surface area contributed by atoms with Gasteiger partial charge in [0.1, 0.15) is 11.6 Å². The van der Waals surface area contributed by atoms with E-state index in [2.05, 4.69) is 29.1 Å². The molecule has 27 heavy (non-hydrogen) atoms. The van der Waals surface area contributed by atoms with Crippen LogP contribution in [0, 0.1) is 5.92 Å². The van der Waals surface area contributed by atoms with Gasteiger partial charge in [-0.1, -0.05) is 26.0 Å². The zero-order chi connectivity index (χ0) is 18.8. The van der Waals surface area contributed by atoms with Gasteiger partial charge >= 0.3 is 0 Å². The van der Waals surface area contributed by atoms with Crippen molar-refractivity contribution in [1.29, 1.82) is 0 Å². The lowest BCUT2D eigenvalue weighted by molar-refractivity contribution is 0.0951. The summed E-state index contributed by atoms with van der Waals surface area (Å²) in [6.07, 6.45) is 7.29. The second-order valence-electron chi connectivity index (χ2n) is 7.11. The van der Waals surface area contributed by atoms with Crippen LogP contribution in [0.5, 0.6) is 0 Å². The minimum Gasteiger partial charge on any atom is -0.350 e. The molecule has 138 valence electrons. The van der Waals surface area contributed by atoms with E-state index in [-0.39, 0.29) is 5.91 Å². The molecule has 0 aliphatic carbocycles. The first kappa shape index (κ1) is 17.3. The molecule has 0 unspecified atom stereocenters. The Hall–Kier alpha value is -3.15. The van der Waals surface area contributed by atoms with Gasteiger partial charge in [-0.15, -0.1) is 0 Å². The fraction of sp³-hybridized carbons (Fsp3) is 0.286. The summed E-state index contributed by atoms with van der Waals surface area (Å²) in [6, 6.07) is 11.8. The van der Waals surface area contributed by atoms with Gasteiger partial charge in [-0.2, -0.15) is 0 Å². The second-order valence-corrected chi connectivity index (χ2v) is 7.11. The van der Waals surface area contributed by atoms with Crippen molar-refractivity contribution in [2.75, 3.05) is 6.54 Å². The number of hydrogen-bond acceptors (Lipinski definition) is 3. The maximum Gasteiger partial charge on any atom is 0.272 e. The summed E-state index contributed by atoms with van der Waals surface area (Å²) in [4.78, 5) is 21.8. The molecule has 1 N–H and O–H groups in total. The molecule has 4 rings (SSSR count). The number of pyridine rings is 2. The largest absolute Gasteiger partial charge is 0.350 e. The van der Waals surface area contributed by atoms with Crippen molar-refractivity contribution >= 4 is 16.9 Å². The average molecular weight is 361 g/mol. The molecular weight excluding hydrogens is 338 g/mol. The maximum atomic E-state index is 12.7. The molecule has 0 bridgehead atoms. The van der Waals surface area contributed by atoms with Crippen LogP contribution in [-0.2, 0) is 12.8 Å². The Morgan fingerprint density at radius 1 is 1.07 bits per heavy atom. The van der Waals surface area contributed by atoms with Gasteiger partial charge in [0.2, 0.25) is 0 Å². The van der Waals surface area contributed by atoms with Gasteiger partial charge in [-0.05, 0) is 30.2 Å².